The van der Waals surface area contributed by atoms with Crippen LogP contribution in [0.25, 0.3) is 0 Å². The van der Waals surface area contributed by atoms with E-state index < -0.39 is 18.8 Å². The summed E-state index contributed by atoms with van der Waals surface area (Å²) in [7, 11) is 0. The average Bonchev–Trinajstić information content (AvgIpc) is 3.42. The van der Waals surface area contributed by atoms with Crippen molar-refractivity contribution in [2.75, 3.05) is 26.2 Å². The van der Waals surface area contributed by atoms with Crippen LogP contribution in [0.15, 0.2) is 91.0 Å². The molecule has 1 spiro atoms. The van der Waals surface area contributed by atoms with Gasteiger partial charge in [0.05, 0.1) is 12.7 Å². The predicted octanol–water partition coefficient (Wildman–Crippen LogP) is 6.28. The maximum absolute atomic E-state index is 12.0. The molecule has 1 saturated carbocycles. The Kier molecular flexibility index (Phi) is 12.5. The maximum Gasteiger partial charge on any atom is 0.168 e. The molecule has 0 N–H and O–H groups in total. The van der Waals surface area contributed by atoms with Crippen LogP contribution in [0.5, 0.6) is 0 Å². The van der Waals surface area contributed by atoms with E-state index in [-0.39, 0.29) is 17.9 Å². The largest absolute Gasteiger partial charge is 0.347 e. The standard InChI is InChI=1S/C18H35NO2.3C6H5.C2H4O2.Sn/c1-6-12-19(7-2)13-16-14-20-18(21-16)10-8-15(9-11-18)17(3,4)5;3*1-2-4-6-5-3-1;1-2(3)4;/h15-16H,6-14H2,1-5H3;3*1-5H;1H3,(H,3,4);/q;;;;;+1/p-1. The summed E-state index contributed by atoms with van der Waals surface area (Å²) >= 11 is -3.80. The molecule has 3 aromatic rings. The van der Waals surface area contributed by atoms with Gasteiger partial charge in [-0.3, -0.25) is 0 Å². The van der Waals surface area contributed by atoms with Crippen molar-refractivity contribution in [3.63, 3.8) is 0 Å². The number of hydrogen-bond donors (Lipinski definition) is 0. The zero-order valence-corrected chi connectivity index (χ0v) is 30.6. The zero-order chi connectivity index (χ0) is 31.6. The molecule has 1 atom stereocenters. The van der Waals surface area contributed by atoms with Crippen LogP contribution in [0.3, 0.4) is 0 Å². The van der Waals surface area contributed by atoms with Gasteiger partial charge in [0.1, 0.15) is 0 Å². The van der Waals surface area contributed by atoms with Crippen LogP contribution in [0.1, 0.15) is 73.6 Å². The summed E-state index contributed by atoms with van der Waals surface area (Å²) in [6.45, 7) is 17.1. The van der Waals surface area contributed by atoms with Gasteiger partial charge in [-0.1, -0.05) is 34.6 Å². The van der Waals surface area contributed by atoms with E-state index in [9.17, 15) is 4.79 Å². The van der Waals surface area contributed by atoms with E-state index >= 15 is 0 Å². The average molecular weight is 707 g/mol. The number of benzene rings is 3. The summed E-state index contributed by atoms with van der Waals surface area (Å²) in [5.74, 6) is 0.330. The van der Waals surface area contributed by atoms with Crippen LogP contribution in [0.4, 0.5) is 0 Å². The summed E-state index contributed by atoms with van der Waals surface area (Å²) < 4.78 is 22.1. The van der Waals surface area contributed by atoms with Gasteiger partial charge in [-0.25, -0.2) is 0 Å². The van der Waals surface area contributed by atoms with Crippen molar-refractivity contribution >= 4 is 35.5 Å². The van der Waals surface area contributed by atoms with Gasteiger partial charge in [0.25, 0.3) is 0 Å². The van der Waals surface area contributed by atoms with Gasteiger partial charge < -0.3 is 14.4 Å². The fraction of sp³-hybridized carbons (Fsp3) is 0.500. The van der Waals surface area contributed by atoms with Crippen molar-refractivity contribution in [1.82, 2.24) is 4.90 Å². The van der Waals surface area contributed by atoms with E-state index in [4.69, 9.17) is 12.5 Å². The number of ether oxygens (including phenoxy) is 2. The zero-order valence-electron chi connectivity index (χ0n) is 27.8. The molecule has 6 heteroatoms. The molecule has 1 aliphatic carbocycles. The number of likely N-dealkylation sites (N-methyl/N-ethyl adjacent to an activating group) is 1. The summed E-state index contributed by atoms with van der Waals surface area (Å²) in [5, 5.41) is 0. The molecule has 0 amide bonds. The number of rotatable bonds is 9. The van der Waals surface area contributed by atoms with E-state index in [0.29, 0.717) is 5.41 Å². The quantitative estimate of drug-likeness (QED) is 0.245. The van der Waals surface area contributed by atoms with Crippen LogP contribution >= 0.6 is 0 Å². The molecule has 44 heavy (non-hydrogen) atoms. The van der Waals surface area contributed by atoms with Gasteiger partial charge >= 0.3 is 141 Å². The smallest absolute Gasteiger partial charge is 0.168 e. The molecule has 1 saturated heterocycles. The minimum absolute atomic E-state index is 0.225. The van der Waals surface area contributed by atoms with Gasteiger partial charge in [-0.05, 0) is 43.7 Å². The first-order valence-corrected chi connectivity index (χ1v) is 22.0. The Labute approximate surface area is 270 Å². The van der Waals surface area contributed by atoms with Crippen molar-refractivity contribution in [2.24, 2.45) is 11.3 Å². The predicted molar refractivity (Wildman–Crippen MR) is 183 cm³/mol. The van der Waals surface area contributed by atoms with E-state index in [1.54, 1.807) is 0 Å². The molecule has 238 valence electrons. The molecule has 1 aliphatic heterocycles. The fourth-order valence-electron chi connectivity index (χ4n) is 6.79. The second-order valence-electron chi connectivity index (χ2n) is 13.4. The number of hydrogen-bond acceptors (Lipinski definition) is 5. The first-order valence-electron chi connectivity index (χ1n) is 16.5. The molecule has 2 aliphatic rings. The summed E-state index contributed by atoms with van der Waals surface area (Å²) in [5.41, 5.74) is 0.416. The van der Waals surface area contributed by atoms with Crippen molar-refractivity contribution in [1.29, 1.82) is 0 Å². The monoisotopic (exact) mass is 707 g/mol. The molecule has 1 unspecified atom stereocenters. The van der Waals surface area contributed by atoms with Gasteiger partial charge in [-0.2, -0.15) is 0 Å². The van der Waals surface area contributed by atoms with E-state index in [0.717, 1.165) is 55.7 Å². The van der Waals surface area contributed by atoms with Gasteiger partial charge in [0.15, 0.2) is 5.79 Å². The minimum atomic E-state index is -3.80. The number of nitrogens with zero attached hydrogens (tertiary/aromatic N) is 1. The van der Waals surface area contributed by atoms with Crippen LogP contribution in [-0.2, 0) is 17.3 Å². The molecular weight excluding hydrogens is 653 g/mol. The molecule has 1 heterocycles. The third-order valence-corrected chi connectivity index (χ3v) is 20.7. The van der Waals surface area contributed by atoms with Crippen LogP contribution < -0.4 is 10.7 Å². The van der Waals surface area contributed by atoms with Crippen LogP contribution in [-0.4, -0.2) is 67.8 Å². The van der Waals surface area contributed by atoms with Gasteiger partial charge in [-0.15, -0.1) is 0 Å². The van der Waals surface area contributed by atoms with Crippen LogP contribution in [0.2, 0.25) is 0 Å². The van der Waals surface area contributed by atoms with Crippen molar-refractivity contribution in [2.45, 2.75) is 85.5 Å². The third-order valence-electron chi connectivity index (χ3n) is 9.17. The Morgan fingerprint density at radius 2 is 1.34 bits per heavy atom. The van der Waals surface area contributed by atoms with Gasteiger partial charge in [0.2, 0.25) is 0 Å². The van der Waals surface area contributed by atoms with Gasteiger partial charge in [0, 0.05) is 19.4 Å². The van der Waals surface area contributed by atoms with Crippen LogP contribution in [0, 0.1) is 11.3 Å². The summed E-state index contributed by atoms with van der Waals surface area (Å²) in [6.07, 6.45) is 6.10. The number of carbonyl (C=O) groups is 1. The second kappa shape index (κ2) is 15.9. The molecule has 5 rings (SSSR count). The Balaban J connectivity index is 0.000000202. The number of carbonyl (C=O) groups excluding carboxylic acids is 1. The van der Waals surface area contributed by atoms with Crippen molar-refractivity contribution in [3.8, 4) is 0 Å². The molecule has 0 aromatic heterocycles. The third kappa shape index (κ3) is 8.74. The normalized spacial score (nSPS) is 22.0. The Bertz CT molecular complexity index is 1170. The fourth-order valence-corrected chi connectivity index (χ4v) is 17.5. The summed E-state index contributed by atoms with van der Waals surface area (Å²) in [4.78, 5) is 14.5. The molecule has 5 nitrogen and oxygen atoms in total. The Hall–Kier alpha value is -2.19. The maximum atomic E-state index is 12.0. The Morgan fingerprint density at radius 3 is 1.73 bits per heavy atom. The first-order chi connectivity index (χ1) is 21.1. The SMILES string of the molecule is CC(=O)[O][Sn]([c]1ccccc1)([c]1ccccc1)[c]1ccccc1.CCCN(CC)CC1COC2(CCC(C(C)(C)C)CC2)O1. The minimum Gasteiger partial charge on any atom is -0.347 e. The molecule has 3 aromatic carbocycles. The molecular formula is C38H53NO4Sn. The molecule has 0 bridgehead atoms. The topological polar surface area (TPSA) is 48.0 Å². The molecule has 0 radical (unpaired) electrons. The van der Waals surface area contributed by atoms with E-state index in [1.165, 1.54) is 26.2 Å². The van der Waals surface area contributed by atoms with Crippen molar-refractivity contribution < 1.29 is 17.3 Å². The summed E-state index contributed by atoms with van der Waals surface area (Å²) in [6, 6.07) is 30.5. The second-order valence-corrected chi connectivity index (χ2v) is 22.8. The van der Waals surface area contributed by atoms with E-state index in [2.05, 4.69) is 75.9 Å². The first kappa shape index (κ1) is 34.7. The Morgan fingerprint density at radius 1 is 0.864 bits per heavy atom. The van der Waals surface area contributed by atoms with E-state index in [1.807, 2.05) is 54.6 Å². The molecule has 2 fully saturated rings. The van der Waals surface area contributed by atoms with Crippen molar-refractivity contribution in [3.05, 3.63) is 91.0 Å².